The van der Waals surface area contributed by atoms with Gasteiger partial charge in [-0.3, -0.25) is 0 Å². The van der Waals surface area contributed by atoms with Gasteiger partial charge in [-0.05, 0) is 24.3 Å². The summed E-state index contributed by atoms with van der Waals surface area (Å²) in [4.78, 5) is 4.21. The summed E-state index contributed by atoms with van der Waals surface area (Å²) in [5.74, 6) is 0. The second kappa shape index (κ2) is 3.65. The van der Waals surface area contributed by atoms with E-state index in [1.807, 2.05) is 24.4 Å². The molecule has 0 radical (unpaired) electrons. The molecule has 0 aromatic carbocycles. The number of pyridine rings is 1. The van der Waals surface area contributed by atoms with Crippen molar-refractivity contribution in [3.05, 3.63) is 35.1 Å². The van der Waals surface area contributed by atoms with E-state index in [1.165, 1.54) is 4.88 Å². The van der Waals surface area contributed by atoms with E-state index in [-0.39, 0.29) is 0 Å². The standard InChI is InChI=1S/C9H7NS3/c11-8-3-1-6(5-10-8)7-2-4-9(12)13-7/h1-5,12H,(H,10,11). The smallest absolute Gasteiger partial charge is 0.103 e. The summed E-state index contributed by atoms with van der Waals surface area (Å²) in [5, 5.41) is 0. The lowest BCUT2D eigenvalue weighted by Crippen LogP contribution is -1.75. The lowest BCUT2D eigenvalue weighted by Gasteiger charge is -1.94. The lowest BCUT2D eigenvalue weighted by molar-refractivity contribution is 1.30. The molecular weight excluding hydrogens is 218 g/mol. The van der Waals surface area contributed by atoms with E-state index in [9.17, 15) is 0 Å². The molecule has 0 aliphatic carbocycles. The summed E-state index contributed by atoms with van der Waals surface area (Å²) in [6.45, 7) is 0. The largest absolute Gasteiger partial charge is 0.352 e. The van der Waals surface area contributed by atoms with Crippen molar-refractivity contribution in [2.45, 2.75) is 4.21 Å². The summed E-state index contributed by atoms with van der Waals surface area (Å²) >= 11 is 10.9. The first-order valence-electron chi connectivity index (χ1n) is 3.73. The van der Waals surface area contributed by atoms with Gasteiger partial charge in [0.1, 0.15) is 4.64 Å². The minimum absolute atomic E-state index is 0.756. The predicted molar refractivity (Wildman–Crippen MR) is 62.2 cm³/mol. The third-order valence-corrected chi connectivity index (χ3v) is 3.27. The van der Waals surface area contributed by atoms with Gasteiger partial charge in [-0.15, -0.1) is 24.0 Å². The van der Waals surface area contributed by atoms with E-state index < -0.39 is 0 Å². The molecule has 1 nitrogen and oxygen atoms in total. The zero-order valence-corrected chi connectivity index (χ0v) is 9.18. The molecule has 2 rings (SSSR count). The van der Waals surface area contributed by atoms with Crippen LogP contribution >= 0.6 is 36.2 Å². The van der Waals surface area contributed by atoms with Gasteiger partial charge in [-0.2, -0.15) is 0 Å². The molecule has 0 aliphatic rings. The minimum Gasteiger partial charge on any atom is -0.352 e. The number of thiophene rings is 1. The Morgan fingerprint density at radius 2 is 2.08 bits per heavy atom. The minimum atomic E-state index is 0.756. The Balaban J connectivity index is 2.47. The molecule has 13 heavy (non-hydrogen) atoms. The number of aromatic nitrogens is 1. The molecule has 2 heterocycles. The van der Waals surface area contributed by atoms with Crippen LogP contribution in [0.3, 0.4) is 0 Å². The molecule has 66 valence electrons. The number of rotatable bonds is 1. The Kier molecular flexibility index (Phi) is 2.53. The average Bonchev–Trinajstić information content (AvgIpc) is 2.53. The van der Waals surface area contributed by atoms with Gasteiger partial charge in [-0.1, -0.05) is 12.2 Å². The number of hydrogen-bond acceptors (Lipinski definition) is 3. The van der Waals surface area contributed by atoms with Crippen molar-refractivity contribution in [3.63, 3.8) is 0 Å². The zero-order chi connectivity index (χ0) is 9.26. The van der Waals surface area contributed by atoms with Crippen molar-refractivity contribution < 1.29 is 0 Å². The van der Waals surface area contributed by atoms with Crippen LogP contribution in [0, 0.1) is 4.64 Å². The molecule has 4 heteroatoms. The molecule has 2 aromatic heterocycles. The van der Waals surface area contributed by atoms with Crippen molar-refractivity contribution in [3.8, 4) is 10.4 Å². The molecular formula is C9H7NS3. The Bertz CT molecular complexity index is 449. The fraction of sp³-hybridized carbons (Fsp3) is 0. The SMILES string of the molecule is S=c1ccc(-c2ccc(S)s2)c[nH]1. The first kappa shape index (κ1) is 8.99. The molecule has 0 amide bonds. The highest BCUT2D eigenvalue weighted by atomic mass is 32.2. The highest BCUT2D eigenvalue weighted by molar-refractivity contribution is 7.83. The third kappa shape index (κ3) is 2.02. The number of hydrogen-bond donors (Lipinski definition) is 2. The zero-order valence-electron chi connectivity index (χ0n) is 6.65. The van der Waals surface area contributed by atoms with Gasteiger partial charge in [0.15, 0.2) is 0 Å². The first-order valence-corrected chi connectivity index (χ1v) is 5.41. The van der Waals surface area contributed by atoms with Gasteiger partial charge < -0.3 is 4.98 Å². The summed E-state index contributed by atoms with van der Waals surface area (Å²) in [6.07, 6.45) is 1.92. The van der Waals surface area contributed by atoms with Gasteiger partial charge in [0.2, 0.25) is 0 Å². The van der Waals surface area contributed by atoms with Gasteiger partial charge in [0, 0.05) is 16.6 Å². The average molecular weight is 225 g/mol. The molecule has 0 saturated heterocycles. The maximum Gasteiger partial charge on any atom is 0.103 e. The van der Waals surface area contributed by atoms with Crippen molar-refractivity contribution in [1.29, 1.82) is 0 Å². The molecule has 0 fully saturated rings. The number of thiol groups is 1. The molecule has 1 N–H and O–H groups in total. The van der Waals surface area contributed by atoms with E-state index >= 15 is 0 Å². The van der Waals surface area contributed by atoms with Gasteiger partial charge in [0.25, 0.3) is 0 Å². The van der Waals surface area contributed by atoms with Crippen LogP contribution in [0.25, 0.3) is 10.4 Å². The van der Waals surface area contributed by atoms with Crippen molar-refractivity contribution in [1.82, 2.24) is 4.98 Å². The van der Waals surface area contributed by atoms with E-state index in [1.54, 1.807) is 11.3 Å². The molecule has 2 aromatic rings. The van der Waals surface area contributed by atoms with E-state index in [2.05, 4.69) is 23.7 Å². The van der Waals surface area contributed by atoms with Gasteiger partial charge in [-0.25, -0.2) is 0 Å². The Labute approximate surface area is 90.9 Å². The second-order valence-corrected chi connectivity index (χ2v) is 4.89. The molecule has 0 saturated carbocycles. The molecule has 0 aliphatic heterocycles. The van der Waals surface area contributed by atoms with Crippen LogP contribution in [0.5, 0.6) is 0 Å². The van der Waals surface area contributed by atoms with Crippen molar-refractivity contribution in [2.24, 2.45) is 0 Å². The predicted octanol–water partition coefficient (Wildman–Crippen LogP) is 3.76. The van der Waals surface area contributed by atoms with Gasteiger partial charge in [0.05, 0.1) is 4.21 Å². The molecule has 0 atom stereocenters. The monoisotopic (exact) mass is 225 g/mol. The summed E-state index contributed by atoms with van der Waals surface area (Å²) < 4.78 is 1.78. The third-order valence-electron chi connectivity index (χ3n) is 1.66. The maximum absolute atomic E-state index is 4.96. The quantitative estimate of drug-likeness (QED) is 0.558. The van der Waals surface area contributed by atoms with Crippen LogP contribution in [-0.4, -0.2) is 4.98 Å². The molecule has 0 unspecified atom stereocenters. The number of H-pyrrole nitrogens is 1. The molecule has 0 bridgehead atoms. The van der Waals surface area contributed by atoms with Crippen molar-refractivity contribution >= 4 is 36.2 Å². The summed E-state index contributed by atoms with van der Waals surface area (Å²) in [6, 6.07) is 7.95. The van der Waals surface area contributed by atoms with Gasteiger partial charge >= 0.3 is 0 Å². The van der Waals surface area contributed by atoms with Crippen LogP contribution in [0.1, 0.15) is 0 Å². The Hall–Kier alpha value is -0.580. The Morgan fingerprint density at radius 1 is 1.23 bits per heavy atom. The van der Waals surface area contributed by atoms with Crippen LogP contribution in [-0.2, 0) is 0 Å². The van der Waals surface area contributed by atoms with Crippen LogP contribution in [0.4, 0.5) is 0 Å². The normalized spacial score (nSPS) is 10.2. The maximum atomic E-state index is 4.96. The first-order chi connectivity index (χ1) is 6.25. The molecule has 0 spiro atoms. The van der Waals surface area contributed by atoms with Crippen LogP contribution in [0.15, 0.2) is 34.7 Å². The summed E-state index contributed by atoms with van der Waals surface area (Å²) in [5.41, 5.74) is 1.15. The lowest BCUT2D eigenvalue weighted by atomic mass is 10.2. The van der Waals surface area contributed by atoms with Crippen LogP contribution < -0.4 is 0 Å². The van der Waals surface area contributed by atoms with E-state index in [0.29, 0.717) is 0 Å². The fourth-order valence-electron chi connectivity index (χ4n) is 1.05. The highest BCUT2D eigenvalue weighted by Gasteiger charge is 1.99. The van der Waals surface area contributed by atoms with E-state index in [4.69, 9.17) is 12.2 Å². The Morgan fingerprint density at radius 3 is 2.62 bits per heavy atom. The topological polar surface area (TPSA) is 15.8 Å². The summed E-state index contributed by atoms with van der Waals surface area (Å²) in [7, 11) is 0. The van der Waals surface area contributed by atoms with E-state index in [0.717, 1.165) is 14.4 Å². The number of aromatic amines is 1. The second-order valence-electron chi connectivity index (χ2n) is 2.58. The number of nitrogens with one attached hydrogen (secondary N) is 1. The highest BCUT2D eigenvalue weighted by Crippen LogP contribution is 2.29. The fourth-order valence-corrected chi connectivity index (χ4v) is 2.29. The van der Waals surface area contributed by atoms with Crippen molar-refractivity contribution in [2.75, 3.05) is 0 Å². The van der Waals surface area contributed by atoms with Crippen LogP contribution in [0.2, 0.25) is 0 Å².